The topological polar surface area (TPSA) is 431 Å². The fraction of sp³-hybridized carbons (Fsp3) is 0.500. The van der Waals surface area contributed by atoms with Crippen LogP contribution in [0.1, 0.15) is 63.5 Å². The van der Waals surface area contributed by atoms with Crippen molar-refractivity contribution in [2.75, 3.05) is 40.3 Å². The number of aliphatic imine (C=N–C) groups is 2. The number of amides is 7. The number of nitrogens with one attached hydrogen (secondary N) is 7. The minimum atomic E-state index is -1.86. The number of carboxylic acids is 2. The van der Waals surface area contributed by atoms with E-state index in [2.05, 4.69) is 47.2 Å². The number of benzene rings is 2. The quantitative estimate of drug-likeness (QED) is 0.0192. The molecule has 0 unspecified atom stereocenters. The van der Waals surface area contributed by atoms with Crippen molar-refractivity contribution in [3.8, 4) is 5.75 Å². The minimum absolute atomic E-state index is 0.00302. The van der Waals surface area contributed by atoms with E-state index in [1.165, 1.54) is 19.2 Å². The van der Waals surface area contributed by atoms with Gasteiger partial charge in [-0.2, -0.15) is 0 Å². The number of hydrogen-bond acceptors (Lipinski definition) is 13. The lowest BCUT2D eigenvalue weighted by Crippen LogP contribution is -2.59. The van der Waals surface area contributed by atoms with Crippen molar-refractivity contribution in [1.29, 1.82) is 0 Å². The molecular weight excluding hydrogens is 941 g/mol. The third kappa shape index (κ3) is 23.1. The Bertz CT molecular complexity index is 2200. The number of likely N-dealkylation sites (N-methyl/N-ethyl adjacent to an activating group) is 2. The monoisotopic (exact) mass is 1010 g/mol. The van der Waals surface area contributed by atoms with E-state index in [1.54, 1.807) is 63.4 Å². The Hall–Kier alpha value is -8.03. The minimum Gasteiger partial charge on any atom is -0.508 e. The third-order valence-electron chi connectivity index (χ3n) is 10.8. The summed E-state index contributed by atoms with van der Waals surface area (Å²) >= 11 is 0. The molecule has 0 saturated heterocycles. The van der Waals surface area contributed by atoms with Crippen LogP contribution in [0.2, 0.25) is 0 Å². The molecule has 0 radical (unpaired) electrons. The van der Waals surface area contributed by atoms with Gasteiger partial charge in [0.05, 0.1) is 25.6 Å². The lowest BCUT2D eigenvalue weighted by molar-refractivity contribution is -0.149. The highest BCUT2D eigenvalue weighted by atomic mass is 16.4. The molecule has 0 heterocycles. The van der Waals surface area contributed by atoms with Crippen molar-refractivity contribution in [2.45, 2.75) is 101 Å². The smallest absolute Gasteiger partial charge is 0.326 e. The third-order valence-corrected chi connectivity index (χ3v) is 10.8. The van der Waals surface area contributed by atoms with Crippen LogP contribution < -0.4 is 60.2 Å². The van der Waals surface area contributed by atoms with Gasteiger partial charge in [-0.1, -0.05) is 56.3 Å². The van der Waals surface area contributed by atoms with E-state index in [0.717, 1.165) is 10.5 Å². The normalized spacial score (nSPS) is 13.3. The molecule has 0 spiro atoms. The van der Waals surface area contributed by atoms with Gasteiger partial charge >= 0.3 is 11.9 Å². The summed E-state index contributed by atoms with van der Waals surface area (Å²) < 4.78 is 0. The Morgan fingerprint density at radius 2 is 1.14 bits per heavy atom. The Morgan fingerprint density at radius 1 is 0.611 bits per heavy atom. The van der Waals surface area contributed by atoms with E-state index in [9.17, 15) is 58.5 Å². The number of carbonyl (C=O) groups excluding carboxylic acids is 7. The number of aliphatic carboxylic acids is 2. The van der Waals surface area contributed by atoms with E-state index in [-0.39, 0.29) is 81.6 Å². The molecule has 0 saturated carbocycles. The second kappa shape index (κ2) is 31.2. The van der Waals surface area contributed by atoms with Gasteiger partial charge in [0.1, 0.15) is 36.0 Å². The summed E-state index contributed by atoms with van der Waals surface area (Å²) in [6.07, 6.45) is -0.752. The molecule has 6 atom stereocenters. The fourth-order valence-electron chi connectivity index (χ4n) is 7.07. The van der Waals surface area contributed by atoms with E-state index in [0.29, 0.717) is 5.56 Å². The molecule has 0 bridgehead atoms. The summed E-state index contributed by atoms with van der Waals surface area (Å²) in [6, 6.07) is 6.89. The van der Waals surface area contributed by atoms with Crippen molar-refractivity contribution in [2.24, 2.45) is 38.8 Å². The number of carbonyl (C=O) groups is 9. The Morgan fingerprint density at radius 3 is 1.69 bits per heavy atom. The van der Waals surface area contributed by atoms with Gasteiger partial charge in [0.25, 0.3) is 0 Å². The number of phenols is 1. The van der Waals surface area contributed by atoms with E-state index in [1.807, 2.05) is 0 Å². The fourth-order valence-corrected chi connectivity index (χ4v) is 7.07. The second-order valence-corrected chi connectivity index (χ2v) is 17.1. The highest BCUT2D eigenvalue weighted by Crippen LogP contribution is 2.15. The van der Waals surface area contributed by atoms with Crippen LogP contribution in [0.15, 0.2) is 64.6 Å². The zero-order chi connectivity index (χ0) is 53.9. The summed E-state index contributed by atoms with van der Waals surface area (Å²) in [5.41, 5.74) is 23.2. The molecule has 2 aromatic carbocycles. The zero-order valence-corrected chi connectivity index (χ0v) is 40.9. The van der Waals surface area contributed by atoms with Gasteiger partial charge in [0.2, 0.25) is 41.4 Å². The lowest BCUT2D eigenvalue weighted by Gasteiger charge is -2.32. The molecule has 396 valence electrons. The van der Waals surface area contributed by atoms with Gasteiger partial charge in [-0.3, -0.25) is 48.3 Å². The SMILES string of the molecule is CN[C@@H](Cc1ccc(O)cc1)C(=O)NCC(=O)NCC(=O)N[C@@H](Cc1ccccc1)C(=O)N[C@@H](CC(C)C)C(=O)N[C@@H](CCCN=C(N)N)C(=O)N(C)[C@@H](CCCN=C(N)N)C(=O)N[C@@H](CC(=O)O)C(=O)O. The molecule has 2 aromatic rings. The molecule has 18 N–H and O–H groups in total. The van der Waals surface area contributed by atoms with Gasteiger partial charge in [-0.15, -0.1) is 0 Å². The van der Waals surface area contributed by atoms with Crippen molar-refractivity contribution in [3.63, 3.8) is 0 Å². The van der Waals surface area contributed by atoms with Crippen LogP contribution in [0.3, 0.4) is 0 Å². The Kier molecular flexibility index (Phi) is 26.1. The molecular formula is C46H70N14O12. The van der Waals surface area contributed by atoms with Crippen LogP contribution in [0.5, 0.6) is 5.75 Å². The Balaban J connectivity index is 2.34. The number of hydrogen-bond donors (Lipinski definition) is 14. The predicted molar refractivity (Wildman–Crippen MR) is 264 cm³/mol. The lowest BCUT2D eigenvalue weighted by atomic mass is 10.00. The number of nitrogens with zero attached hydrogens (tertiary/aromatic N) is 3. The number of nitrogens with two attached hydrogens (primary N) is 4. The summed E-state index contributed by atoms with van der Waals surface area (Å²) in [4.78, 5) is 127. The molecule has 0 fully saturated rings. The molecule has 0 aromatic heterocycles. The zero-order valence-electron chi connectivity index (χ0n) is 40.9. The van der Waals surface area contributed by atoms with Crippen molar-refractivity contribution >= 4 is 65.2 Å². The highest BCUT2D eigenvalue weighted by molar-refractivity contribution is 5.97. The summed E-state index contributed by atoms with van der Waals surface area (Å²) in [7, 11) is 2.81. The maximum absolute atomic E-state index is 14.4. The number of aromatic hydroxyl groups is 1. The molecule has 26 nitrogen and oxygen atoms in total. The van der Waals surface area contributed by atoms with Gasteiger partial charge < -0.3 is 80.4 Å². The number of carboxylic acid groups (broad SMARTS) is 2. The van der Waals surface area contributed by atoms with Crippen LogP contribution in [0, 0.1) is 5.92 Å². The first-order valence-electron chi connectivity index (χ1n) is 23.1. The van der Waals surface area contributed by atoms with Crippen molar-refractivity contribution in [3.05, 3.63) is 65.7 Å². The maximum Gasteiger partial charge on any atom is 0.326 e. The van der Waals surface area contributed by atoms with Crippen LogP contribution >= 0.6 is 0 Å². The first-order valence-corrected chi connectivity index (χ1v) is 23.1. The molecule has 0 aliphatic carbocycles. The van der Waals surface area contributed by atoms with E-state index in [4.69, 9.17) is 22.9 Å². The summed E-state index contributed by atoms with van der Waals surface area (Å²) in [5, 5.41) is 46.4. The predicted octanol–water partition coefficient (Wildman–Crippen LogP) is -3.52. The average Bonchev–Trinajstić information content (AvgIpc) is 3.31. The van der Waals surface area contributed by atoms with Gasteiger partial charge in [-0.25, -0.2) is 4.79 Å². The molecule has 7 amide bonds. The van der Waals surface area contributed by atoms with Crippen LogP contribution in [0.25, 0.3) is 0 Å². The molecule has 0 aliphatic heterocycles. The number of rotatable bonds is 32. The summed E-state index contributed by atoms with van der Waals surface area (Å²) in [5.74, 6) is -9.24. The number of phenolic OH excluding ortho intramolecular Hbond substituents is 1. The van der Waals surface area contributed by atoms with E-state index < -0.39 is 109 Å². The largest absolute Gasteiger partial charge is 0.508 e. The second-order valence-electron chi connectivity index (χ2n) is 17.1. The summed E-state index contributed by atoms with van der Waals surface area (Å²) in [6.45, 7) is 2.52. The molecule has 2 rings (SSSR count). The molecule has 72 heavy (non-hydrogen) atoms. The highest BCUT2D eigenvalue weighted by Gasteiger charge is 2.36. The van der Waals surface area contributed by atoms with Gasteiger partial charge in [0, 0.05) is 26.6 Å². The van der Waals surface area contributed by atoms with Gasteiger partial charge in [0.15, 0.2) is 11.9 Å². The standard InChI is InChI=1S/C46H70N14O12/c1-26(2)20-32(40(67)57-30(12-8-18-52-45(47)48)43(70)60(4)35(13-9-19-53-46(49)50)42(69)59-34(44(71)72)23-38(64)65)58-41(68)33(22-27-10-6-5-7-11-27)56-37(63)25-54-36(62)24-55-39(66)31(51-3)21-28-14-16-29(61)17-15-28/h5-7,10-11,14-17,26,30-35,51,61H,8-9,12-13,18-25H2,1-4H3,(H,54,62)(H,55,66)(H,56,63)(H,57,67)(H,58,68)(H,59,69)(H,64,65)(H,71,72)(H4,47,48,52)(H4,49,50,53)/t30-,31-,32-,33-,34-,35-/m0/s1. The van der Waals surface area contributed by atoms with Crippen molar-refractivity contribution in [1.82, 2.24) is 42.1 Å². The first-order chi connectivity index (χ1) is 34.0. The molecule has 0 aliphatic rings. The maximum atomic E-state index is 14.4. The molecule has 26 heteroatoms. The number of guanidine groups is 2. The van der Waals surface area contributed by atoms with Crippen LogP contribution in [-0.4, -0.2) is 162 Å². The van der Waals surface area contributed by atoms with Crippen LogP contribution in [0.4, 0.5) is 0 Å². The average molecular weight is 1010 g/mol. The van der Waals surface area contributed by atoms with Gasteiger partial charge in [-0.05, 0) is 74.8 Å². The van der Waals surface area contributed by atoms with Crippen molar-refractivity contribution < 1.29 is 58.5 Å². The first kappa shape index (κ1) is 60.1. The van der Waals surface area contributed by atoms with E-state index >= 15 is 0 Å². The van der Waals surface area contributed by atoms with Crippen LogP contribution in [-0.2, 0) is 56.0 Å². The Labute approximate surface area is 416 Å².